The van der Waals surface area contributed by atoms with E-state index in [0.29, 0.717) is 25.0 Å². The largest absolute Gasteiger partial charge is 0.335 e. The van der Waals surface area contributed by atoms with E-state index in [1.165, 1.54) is 11.6 Å². The van der Waals surface area contributed by atoms with Gasteiger partial charge in [0, 0.05) is 44.6 Å². The Morgan fingerprint density at radius 2 is 1.92 bits per heavy atom. The molecule has 0 saturated carbocycles. The zero-order valence-electron chi connectivity index (χ0n) is 14.7. The third-order valence-electron chi connectivity index (χ3n) is 4.50. The SMILES string of the molecule is CC(C)CN(Cc1ccncc1)C1CN(C(=O)c2ccccc2F)C1. The summed E-state index contributed by atoms with van der Waals surface area (Å²) in [6, 6.07) is 10.5. The lowest BCUT2D eigenvalue weighted by Gasteiger charge is -2.46. The smallest absolute Gasteiger partial charge is 0.256 e. The van der Waals surface area contributed by atoms with Crippen LogP contribution in [0.25, 0.3) is 0 Å². The van der Waals surface area contributed by atoms with E-state index in [-0.39, 0.29) is 11.5 Å². The first-order valence-corrected chi connectivity index (χ1v) is 8.71. The zero-order chi connectivity index (χ0) is 17.8. The van der Waals surface area contributed by atoms with Gasteiger partial charge in [0.05, 0.1) is 5.56 Å². The lowest BCUT2D eigenvalue weighted by Crippen LogP contribution is -2.61. The average molecular weight is 341 g/mol. The molecular weight excluding hydrogens is 317 g/mol. The summed E-state index contributed by atoms with van der Waals surface area (Å²) < 4.78 is 13.8. The number of hydrogen-bond donors (Lipinski definition) is 0. The Morgan fingerprint density at radius 3 is 2.56 bits per heavy atom. The molecule has 0 unspecified atom stereocenters. The van der Waals surface area contributed by atoms with Crippen LogP contribution in [-0.4, -0.2) is 46.4 Å². The van der Waals surface area contributed by atoms with Gasteiger partial charge in [-0.3, -0.25) is 14.7 Å². The maximum Gasteiger partial charge on any atom is 0.256 e. The molecule has 0 bridgehead atoms. The topological polar surface area (TPSA) is 36.4 Å². The minimum atomic E-state index is -0.452. The molecular formula is C20H24FN3O. The van der Waals surface area contributed by atoms with Crippen LogP contribution >= 0.6 is 0 Å². The summed E-state index contributed by atoms with van der Waals surface area (Å²) in [4.78, 5) is 20.7. The van der Waals surface area contributed by atoms with Crippen molar-refractivity contribution in [2.75, 3.05) is 19.6 Å². The third-order valence-corrected chi connectivity index (χ3v) is 4.50. The Bertz CT molecular complexity index is 714. The lowest BCUT2D eigenvalue weighted by atomic mass is 10.0. The van der Waals surface area contributed by atoms with Crippen molar-refractivity contribution in [2.45, 2.75) is 26.4 Å². The highest BCUT2D eigenvalue weighted by Gasteiger charge is 2.36. The molecule has 25 heavy (non-hydrogen) atoms. The second kappa shape index (κ2) is 7.74. The van der Waals surface area contributed by atoms with Gasteiger partial charge in [0.1, 0.15) is 5.82 Å². The lowest BCUT2D eigenvalue weighted by molar-refractivity contribution is 0.0194. The van der Waals surface area contributed by atoms with Gasteiger partial charge < -0.3 is 4.90 Å². The van der Waals surface area contributed by atoms with Crippen LogP contribution in [0.3, 0.4) is 0 Å². The highest BCUT2D eigenvalue weighted by molar-refractivity contribution is 5.95. The Morgan fingerprint density at radius 1 is 1.24 bits per heavy atom. The number of benzene rings is 1. The van der Waals surface area contributed by atoms with Gasteiger partial charge in [0.2, 0.25) is 0 Å². The van der Waals surface area contributed by atoms with Crippen LogP contribution in [0.15, 0.2) is 48.8 Å². The van der Waals surface area contributed by atoms with Crippen LogP contribution in [0.2, 0.25) is 0 Å². The van der Waals surface area contributed by atoms with Gasteiger partial charge >= 0.3 is 0 Å². The molecule has 132 valence electrons. The van der Waals surface area contributed by atoms with Crippen LogP contribution in [-0.2, 0) is 6.54 Å². The molecule has 0 atom stereocenters. The molecule has 0 N–H and O–H groups in total. The first-order chi connectivity index (χ1) is 12.0. The van der Waals surface area contributed by atoms with Gasteiger partial charge in [-0.25, -0.2) is 4.39 Å². The molecule has 1 aromatic heterocycles. The number of aromatic nitrogens is 1. The number of pyridine rings is 1. The van der Waals surface area contributed by atoms with E-state index in [1.54, 1.807) is 35.5 Å². The van der Waals surface area contributed by atoms with Crippen molar-refractivity contribution in [3.05, 3.63) is 65.7 Å². The number of rotatable bonds is 6. The van der Waals surface area contributed by atoms with Gasteiger partial charge in [-0.1, -0.05) is 26.0 Å². The summed E-state index contributed by atoms with van der Waals surface area (Å²) in [6.45, 7) is 7.48. The molecule has 0 spiro atoms. The fraction of sp³-hybridized carbons (Fsp3) is 0.400. The molecule has 2 aromatic rings. The monoisotopic (exact) mass is 341 g/mol. The predicted molar refractivity (Wildman–Crippen MR) is 95.6 cm³/mol. The molecule has 1 saturated heterocycles. The average Bonchev–Trinajstić information content (AvgIpc) is 2.54. The Kier molecular flexibility index (Phi) is 5.43. The van der Waals surface area contributed by atoms with Gasteiger partial charge in [-0.2, -0.15) is 0 Å². The molecule has 1 aliphatic heterocycles. The van der Waals surface area contributed by atoms with Crippen molar-refractivity contribution in [1.82, 2.24) is 14.8 Å². The number of nitrogens with zero attached hydrogens (tertiary/aromatic N) is 3. The van der Waals surface area contributed by atoms with Crippen LogP contribution in [0.1, 0.15) is 29.8 Å². The van der Waals surface area contributed by atoms with Gasteiger partial charge in [-0.05, 0) is 35.7 Å². The molecule has 0 radical (unpaired) electrons. The second-order valence-electron chi connectivity index (χ2n) is 7.02. The standard InChI is InChI=1S/C20H24FN3O/c1-15(2)11-23(12-16-7-9-22-10-8-16)17-13-24(14-17)20(25)18-5-3-4-6-19(18)21/h3-10,15,17H,11-14H2,1-2H3. The number of hydrogen-bond acceptors (Lipinski definition) is 3. The third kappa shape index (κ3) is 4.23. The van der Waals surface area contributed by atoms with Crippen LogP contribution in [0.5, 0.6) is 0 Å². The van der Waals surface area contributed by atoms with Crippen molar-refractivity contribution >= 4 is 5.91 Å². The van der Waals surface area contributed by atoms with E-state index in [1.807, 2.05) is 12.1 Å². The van der Waals surface area contributed by atoms with Crippen LogP contribution in [0.4, 0.5) is 4.39 Å². The maximum absolute atomic E-state index is 13.8. The molecule has 2 heterocycles. The Balaban J connectivity index is 1.63. The summed E-state index contributed by atoms with van der Waals surface area (Å²) in [5.41, 5.74) is 1.38. The van der Waals surface area contributed by atoms with Crippen LogP contribution in [0, 0.1) is 11.7 Å². The quantitative estimate of drug-likeness (QED) is 0.809. The van der Waals surface area contributed by atoms with E-state index in [0.717, 1.165) is 13.1 Å². The molecule has 1 aromatic carbocycles. The predicted octanol–water partition coefficient (Wildman–Crippen LogP) is 3.20. The minimum Gasteiger partial charge on any atom is -0.335 e. The molecule has 4 nitrogen and oxygen atoms in total. The summed E-state index contributed by atoms with van der Waals surface area (Å²) >= 11 is 0. The molecule has 0 aliphatic carbocycles. The Hall–Kier alpha value is -2.27. The molecule has 5 heteroatoms. The van der Waals surface area contributed by atoms with E-state index in [4.69, 9.17) is 0 Å². The highest BCUT2D eigenvalue weighted by atomic mass is 19.1. The van der Waals surface area contributed by atoms with Crippen molar-refractivity contribution in [3.63, 3.8) is 0 Å². The number of carbonyl (C=O) groups excluding carboxylic acids is 1. The van der Waals surface area contributed by atoms with Gasteiger partial charge in [-0.15, -0.1) is 0 Å². The number of carbonyl (C=O) groups is 1. The number of likely N-dealkylation sites (tertiary alicyclic amines) is 1. The summed E-state index contributed by atoms with van der Waals surface area (Å²) in [5.74, 6) is -0.132. The minimum absolute atomic E-state index is 0.158. The van der Waals surface area contributed by atoms with Crippen molar-refractivity contribution in [1.29, 1.82) is 0 Å². The summed E-state index contributed by atoms with van der Waals surface area (Å²) in [5, 5.41) is 0. The Labute approximate surface area is 148 Å². The summed E-state index contributed by atoms with van der Waals surface area (Å²) in [6.07, 6.45) is 3.61. The van der Waals surface area contributed by atoms with Gasteiger partial charge in [0.15, 0.2) is 0 Å². The summed E-state index contributed by atoms with van der Waals surface area (Å²) in [7, 11) is 0. The fourth-order valence-electron chi connectivity index (χ4n) is 3.19. The van der Waals surface area contributed by atoms with Crippen molar-refractivity contribution < 1.29 is 9.18 Å². The molecule has 1 aliphatic rings. The van der Waals surface area contributed by atoms with E-state index in [9.17, 15) is 9.18 Å². The maximum atomic E-state index is 13.8. The highest BCUT2D eigenvalue weighted by Crippen LogP contribution is 2.22. The molecule has 1 fully saturated rings. The van der Waals surface area contributed by atoms with Crippen molar-refractivity contribution in [2.24, 2.45) is 5.92 Å². The van der Waals surface area contributed by atoms with Gasteiger partial charge in [0.25, 0.3) is 5.91 Å². The first-order valence-electron chi connectivity index (χ1n) is 8.71. The van der Waals surface area contributed by atoms with E-state index < -0.39 is 5.82 Å². The zero-order valence-corrected chi connectivity index (χ0v) is 14.7. The van der Waals surface area contributed by atoms with Crippen LogP contribution < -0.4 is 0 Å². The van der Waals surface area contributed by atoms with E-state index >= 15 is 0 Å². The number of amides is 1. The van der Waals surface area contributed by atoms with Crippen molar-refractivity contribution in [3.8, 4) is 0 Å². The van der Waals surface area contributed by atoms with E-state index in [2.05, 4.69) is 23.7 Å². The number of halogens is 1. The molecule has 3 rings (SSSR count). The first kappa shape index (κ1) is 17.5. The molecule has 1 amide bonds. The second-order valence-corrected chi connectivity index (χ2v) is 7.02. The fourth-order valence-corrected chi connectivity index (χ4v) is 3.19. The normalized spacial score (nSPS) is 14.8.